The van der Waals surface area contributed by atoms with E-state index in [2.05, 4.69) is 16.9 Å². The molecule has 5 heteroatoms. The number of aromatic nitrogens is 2. The molecule has 2 aromatic rings. The van der Waals surface area contributed by atoms with Gasteiger partial charge in [0, 0.05) is 25.4 Å². The maximum absolute atomic E-state index is 10.2. The molecule has 0 unspecified atom stereocenters. The highest BCUT2D eigenvalue weighted by Gasteiger charge is 2.12. The van der Waals surface area contributed by atoms with Gasteiger partial charge < -0.3 is 15.7 Å². The average Bonchev–Trinajstić information content (AvgIpc) is 2.53. The molecule has 0 spiro atoms. The number of hydrogen-bond acceptors (Lipinski definition) is 5. The van der Waals surface area contributed by atoms with Gasteiger partial charge in [0.1, 0.15) is 5.82 Å². The van der Waals surface area contributed by atoms with Crippen LogP contribution in [0, 0.1) is 0 Å². The molecule has 0 saturated heterocycles. The second kappa shape index (κ2) is 7.04. The first kappa shape index (κ1) is 15.3. The number of nitrogens with two attached hydrogens (primary N) is 1. The quantitative estimate of drug-likeness (QED) is 0.851. The van der Waals surface area contributed by atoms with Crippen molar-refractivity contribution >= 4 is 11.8 Å². The number of rotatable bonds is 6. The molecular weight excluding hydrogens is 264 g/mol. The molecule has 21 heavy (non-hydrogen) atoms. The molecule has 1 aromatic heterocycles. The lowest BCUT2D eigenvalue weighted by Crippen LogP contribution is -2.23. The van der Waals surface area contributed by atoms with Crippen molar-refractivity contribution in [3.8, 4) is 0 Å². The molecule has 0 aliphatic rings. The molecule has 1 heterocycles. The van der Waals surface area contributed by atoms with Gasteiger partial charge in [0.05, 0.1) is 6.10 Å². The molecular formula is C16H22N4O. The van der Waals surface area contributed by atoms with Crippen LogP contribution in [0.15, 0.2) is 36.5 Å². The number of aryl methyl sites for hydroxylation is 1. The molecule has 0 aliphatic carbocycles. The zero-order chi connectivity index (χ0) is 15.2. The third-order valence-corrected chi connectivity index (χ3v) is 3.53. The molecule has 5 nitrogen and oxygen atoms in total. The molecule has 3 N–H and O–H groups in total. The van der Waals surface area contributed by atoms with Crippen LogP contribution in [0.3, 0.4) is 0 Å². The summed E-state index contributed by atoms with van der Waals surface area (Å²) in [5, 5.41) is 10.2. The van der Waals surface area contributed by atoms with Gasteiger partial charge in [-0.3, -0.25) is 0 Å². The fourth-order valence-corrected chi connectivity index (χ4v) is 2.25. The summed E-state index contributed by atoms with van der Waals surface area (Å²) < 4.78 is 0. The summed E-state index contributed by atoms with van der Waals surface area (Å²) in [4.78, 5) is 10.3. The highest BCUT2D eigenvalue weighted by Crippen LogP contribution is 2.21. The van der Waals surface area contributed by atoms with Crippen molar-refractivity contribution in [2.24, 2.45) is 0 Å². The van der Waals surface area contributed by atoms with Crippen molar-refractivity contribution in [3.63, 3.8) is 0 Å². The largest absolute Gasteiger partial charge is 0.388 e. The summed E-state index contributed by atoms with van der Waals surface area (Å²) >= 11 is 0. The van der Waals surface area contributed by atoms with Gasteiger partial charge >= 0.3 is 0 Å². The van der Waals surface area contributed by atoms with Crippen LogP contribution in [0.5, 0.6) is 0 Å². The van der Waals surface area contributed by atoms with E-state index in [1.54, 1.807) is 6.20 Å². The zero-order valence-electron chi connectivity index (χ0n) is 12.5. The maximum atomic E-state index is 10.2. The Bertz CT molecular complexity index is 574. The van der Waals surface area contributed by atoms with Gasteiger partial charge in [0.2, 0.25) is 5.95 Å². The third-order valence-electron chi connectivity index (χ3n) is 3.53. The lowest BCUT2D eigenvalue weighted by atomic mass is 10.1. The number of nitrogen functional groups attached to an aromatic ring is 1. The van der Waals surface area contributed by atoms with Crippen LogP contribution < -0.4 is 10.6 Å². The summed E-state index contributed by atoms with van der Waals surface area (Å²) in [6, 6.07) is 9.68. The van der Waals surface area contributed by atoms with Crippen LogP contribution in [-0.2, 0) is 6.42 Å². The molecule has 1 aromatic carbocycles. The molecule has 2 rings (SSSR count). The van der Waals surface area contributed by atoms with Crippen molar-refractivity contribution in [2.75, 3.05) is 24.2 Å². The van der Waals surface area contributed by atoms with E-state index in [0.29, 0.717) is 13.0 Å². The molecule has 112 valence electrons. The van der Waals surface area contributed by atoms with E-state index < -0.39 is 6.10 Å². The number of anilines is 2. The average molecular weight is 286 g/mol. The van der Waals surface area contributed by atoms with E-state index in [0.717, 1.165) is 23.4 Å². The maximum Gasteiger partial charge on any atom is 0.221 e. The van der Waals surface area contributed by atoms with Gasteiger partial charge in [-0.2, -0.15) is 4.98 Å². The number of benzene rings is 1. The van der Waals surface area contributed by atoms with Gasteiger partial charge in [-0.25, -0.2) is 4.98 Å². The Morgan fingerprint density at radius 1 is 1.29 bits per heavy atom. The minimum absolute atomic E-state index is 0.276. The first-order chi connectivity index (χ1) is 10.1. The standard InChI is InChI=1S/C16H22N4O/c1-3-12-11-18-16(17)19-15(12)20(2)10-9-14(21)13-7-5-4-6-8-13/h4-8,11,14,21H,3,9-10H2,1-2H3,(H2,17,18,19)/t14-/m1/s1. The number of aliphatic hydroxyl groups excluding tert-OH is 1. The van der Waals surface area contributed by atoms with Gasteiger partial charge in [0.15, 0.2) is 0 Å². The summed E-state index contributed by atoms with van der Waals surface area (Å²) in [5.41, 5.74) is 7.66. The molecule has 0 amide bonds. The fraction of sp³-hybridized carbons (Fsp3) is 0.375. The van der Waals surface area contributed by atoms with Gasteiger partial charge in [-0.05, 0) is 18.4 Å². The SMILES string of the molecule is CCc1cnc(N)nc1N(C)CC[C@@H](O)c1ccccc1. The van der Waals surface area contributed by atoms with Crippen molar-refractivity contribution < 1.29 is 5.11 Å². The first-order valence-corrected chi connectivity index (χ1v) is 7.17. The zero-order valence-corrected chi connectivity index (χ0v) is 12.5. The predicted octanol–water partition coefficient (Wildman–Crippen LogP) is 2.18. The third kappa shape index (κ3) is 3.92. The van der Waals surface area contributed by atoms with Crippen LogP contribution in [0.2, 0.25) is 0 Å². The van der Waals surface area contributed by atoms with Gasteiger partial charge in [0.25, 0.3) is 0 Å². The molecule has 0 bridgehead atoms. The van der Waals surface area contributed by atoms with E-state index in [9.17, 15) is 5.11 Å². The van der Waals surface area contributed by atoms with E-state index in [-0.39, 0.29) is 5.95 Å². The lowest BCUT2D eigenvalue weighted by Gasteiger charge is -2.22. The molecule has 0 aliphatic heterocycles. The van der Waals surface area contributed by atoms with Crippen LogP contribution >= 0.6 is 0 Å². The Morgan fingerprint density at radius 3 is 2.67 bits per heavy atom. The Labute approximate surface area is 125 Å². The fourth-order valence-electron chi connectivity index (χ4n) is 2.25. The molecule has 1 atom stereocenters. The topological polar surface area (TPSA) is 75.3 Å². The van der Waals surface area contributed by atoms with Gasteiger partial charge in [-0.15, -0.1) is 0 Å². The normalized spacial score (nSPS) is 12.1. The predicted molar refractivity (Wildman–Crippen MR) is 85.1 cm³/mol. The van der Waals surface area contributed by atoms with Gasteiger partial charge in [-0.1, -0.05) is 37.3 Å². The summed E-state index contributed by atoms with van der Waals surface area (Å²) in [6.45, 7) is 2.75. The number of aliphatic hydroxyl groups is 1. The van der Waals surface area contributed by atoms with E-state index in [4.69, 9.17) is 5.73 Å². The Balaban J connectivity index is 2.02. The number of hydrogen-bond donors (Lipinski definition) is 2. The summed E-state index contributed by atoms with van der Waals surface area (Å²) in [6.07, 6.45) is 2.77. The Kier molecular flexibility index (Phi) is 5.11. The lowest BCUT2D eigenvalue weighted by molar-refractivity contribution is 0.169. The van der Waals surface area contributed by atoms with Crippen molar-refractivity contribution in [1.82, 2.24) is 9.97 Å². The first-order valence-electron chi connectivity index (χ1n) is 7.17. The van der Waals surface area contributed by atoms with Crippen molar-refractivity contribution in [3.05, 3.63) is 47.7 Å². The highest BCUT2D eigenvalue weighted by molar-refractivity contribution is 5.48. The van der Waals surface area contributed by atoms with E-state index in [1.165, 1.54) is 0 Å². The minimum Gasteiger partial charge on any atom is -0.388 e. The smallest absolute Gasteiger partial charge is 0.221 e. The monoisotopic (exact) mass is 286 g/mol. The second-order valence-corrected chi connectivity index (χ2v) is 5.07. The van der Waals surface area contributed by atoms with Crippen LogP contribution in [0.4, 0.5) is 11.8 Å². The van der Waals surface area contributed by atoms with E-state index >= 15 is 0 Å². The van der Waals surface area contributed by atoms with Crippen LogP contribution in [-0.4, -0.2) is 28.7 Å². The van der Waals surface area contributed by atoms with Crippen molar-refractivity contribution in [2.45, 2.75) is 25.9 Å². The van der Waals surface area contributed by atoms with Crippen molar-refractivity contribution in [1.29, 1.82) is 0 Å². The highest BCUT2D eigenvalue weighted by atomic mass is 16.3. The summed E-state index contributed by atoms with van der Waals surface area (Å²) in [5.74, 6) is 1.11. The number of nitrogens with zero attached hydrogens (tertiary/aromatic N) is 3. The van der Waals surface area contributed by atoms with Crippen LogP contribution in [0.25, 0.3) is 0 Å². The Hall–Kier alpha value is -2.14. The Morgan fingerprint density at radius 2 is 2.00 bits per heavy atom. The minimum atomic E-state index is -0.474. The molecule has 0 saturated carbocycles. The molecule has 0 radical (unpaired) electrons. The van der Waals surface area contributed by atoms with Crippen LogP contribution in [0.1, 0.15) is 30.6 Å². The molecule has 0 fully saturated rings. The second-order valence-electron chi connectivity index (χ2n) is 5.07. The van der Waals surface area contributed by atoms with E-state index in [1.807, 2.05) is 42.3 Å². The summed E-state index contributed by atoms with van der Waals surface area (Å²) in [7, 11) is 1.96.